The van der Waals surface area contributed by atoms with E-state index in [4.69, 9.17) is 10.0 Å². The van der Waals surface area contributed by atoms with Gasteiger partial charge in [-0.3, -0.25) is 0 Å². The molecule has 2 N–H and O–H groups in total. The van der Waals surface area contributed by atoms with Gasteiger partial charge in [-0.2, -0.15) is 0 Å². The van der Waals surface area contributed by atoms with E-state index in [9.17, 15) is 6.14 Å². The molecule has 0 unspecified atom stereocenters. The molecule has 0 bridgehead atoms. The molecule has 0 aliphatic carbocycles. The van der Waals surface area contributed by atoms with Gasteiger partial charge in [-0.1, -0.05) is 12.1 Å². The number of halogens is 1. The highest BCUT2D eigenvalue weighted by atomic mass is 127. The van der Waals surface area contributed by atoms with Crippen molar-refractivity contribution in [3.63, 3.8) is 0 Å². The van der Waals surface area contributed by atoms with Crippen LogP contribution in [0.5, 0.6) is 0 Å². The summed E-state index contributed by atoms with van der Waals surface area (Å²) in [5.74, 6) is 0. The molecule has 0 spiro atoms. The van der Waals surface area contributed by atoms with Gasteiger partial charge < -0.3 is 10.0 Å². The lowest BCUT2D eigenvalue weighted by Crippen LogP contribution is -2.29. The van der Waals surface area contributed by atoms with Crippen LogP contribution in [0.2, 0.25) is 0 Å². The van der Waals surface area contributed by atoms with Gasteiger partial charge in [-0.05, 0) is 17.6 Å². The fraction of sp³-hybridized carbons (Fsp3) is 0. The van der Waals surface area contributed by atoms with Gasteiger partial charge in [0, 0.05) is 0 Å². The van der Waals surface area contributed by atoms with Crippen molar-refractivity contribution in [3.8, 4) is 0 Å². The zero-order chi connectivity index (χ0) is 9.14. The van der Waals surface area contributed by atoms with Gasteiger partial charge in [0.05, 0.1) is 3.57 Å². The van der Waals surface area contributed by atoms with E-state index < -0.39 is 26.9 Å². The standard InChI is InChI=1S/C6H6BIO4/c9-7(10)5-2-1-3-6(4-5)8(11)12/h1-4,9-10H. The molecule has 4 nitrogen and oxygen atoms in total. The van der Waals surface area contributed by atoms with E-state index >= 15 is 0 Å². The van der Waals surface area contributed by atoms with Crippen LogP contribution < -0.4 is 5.46 Å². The summed E-state index contributed by atoms with van der Waals surface area (Å²) in [5, 5.41) is 17.4. The highest BCUT2D eigenvalue weighted by Crippen LogP contribution is 2.14. The van der Waals surface area contributed by atoms with Crippen molar-refractivity contribution in [1.82, 2.24) is 0 Å². The molecule has 1 aromatic carbocycles. The van der Waals surface area contributed by atoms with Gasteiger partial charge >= 0.3 is 26.9 Å². The van der Waals surface area contributed by atoms with Crippen molar-refractivity contribution in [3.05, 3.63) is 27.8 Å². The minimum Gasteiger partial charge on any atom is -0.423 e. The Morgan fingerprint density at radius 1 is 1.25 bits per heavy atom. The molecule has 0 aliphatic rings. The minimum absolute atomic E-state index is 0.171. The Kier molecular flexibility index (Phi) is 3.18. The number of hydrogen-bond acceptors (Lipinski definition) is 4. The van der Waals surface area contributed by atoms with Crippen LogP contribution in [0.3, 0.4) is 0 Å². The Morgan fingerprint density at radius 3 is 2.42 bits per heavy atom. The molecule has 1 rings (SSSR count). The molecule has 64 valence electrons. The Balaban J connectivity index is 3.12. The number of hydrogen-bond donors (Lipinski definition) is 2. The lowest BCUT2D eigenvalue weighted by molar-refractivity contribution is 0.426. The Hall–Kier alpha value is -0.465. The van der Waals surface area contributed by atoms with Crippen LogP contribution in [0.4, 0.5) is 0 Å². The Bertz CT molecular complexity index is 339. The van der Waals surface area contributed by atoms with Crippen molar-refractivity contribution < 1.29 is 16.2 Å². The summed E-state index contributed by atoms with van der Waals surface area (Å²) in [6, 6.07) is 5.62. The van der Waals surface area contributed by atoms with E-state index in [0.717, 1.165) is 0 Å². The van der Waals surface area contributed by atoms with Crippen molar-refractivity contribution >= 4 is 32.4 Å². The van der Waals surface area contributed by atoms with Crippen LogP contribution in [-0.2, 0) is 6.14 Å². The van der Waals surface area contributed by atoms with Crippen LogP contribution in [0.15, 0.2) is 24.3 Å². The zero-order valence-electron chi connectivity index (χ0n) is 5.98. The molecule has 0 saturated heterocycles. The summed E-state index contributed by atoms with van der Waals surface area (Å²) in [7, 11) is -1.61. The topological polar surface area (TPSA) is 74.6 Å². The van der Waals surface area contributed by atoms with Gasteiger partial charge in [-0.25, -0.2) is 6.14 Å². The van der Waals surface area contributed by atoms with Gasteiger partial charge in [0.1, 0.15) is 0 Å². The van der Waals surface area contributed by atoms with Gasteiger partial charge in [0.2, 0.25) is 0 Å². The molecule has 12 heavy (non-hydrogen) atoms. The van der Waals surface area contributed by atoms with Crippen molar-refractivity contribution in [2.75, 3.05) is 0 Å². The van der Waals surface area contributed by atoms with Crippen molar-refractivity contribution in [1.29, 1.82) is 0 Å². The first-order chi connectivity index (χ1) is 5.61. The van der Waals surface area contributed by atoms with Crippen LogP contribution in [0.25, 0.3) is 0 Å². The Morgan fingerprint density at radius 2 is 1.92 bits per heavy atom. The first-order valence-corrected chi connectivity index (χ1v) is 5.96. The summed E-state index contributed by atoms with van der Waals surface area (Å²) >= 11 is -3.48. The molecule has 0 aromatic heterocycles. The second kappa shape index (κ2) is 3.97. The third kappa shape index (κ3) is 2.26. The maximum atomic E-state index is 10.5. The average molecular weight is 280 g/mol. The number of rotatable bonds is 2. The highest BCUT2D eigenvalue weighted by Gasteiger charge is 2.11. The summed E-state index contributed by atoms with van der Waals surface area (Å²) in [4.78, 5) is 0. The van der Waals surface area contributed by atoms with Crippen molar-refractivity contribution in [2.24, 2.45) is 0 Å². The normalized spacial score (nSPS) is 10.2. The van der Waals surface area contributed by atoms with E-state index in [-0.39, 0.29) is 9.03 Å². The zero-order valence-corrected chi connectivity index (χ0v) is 8.13. The van der Waals surface area contributed by atoms with Crippen LogP contribution in [-0.4, -0.2) is 17.2 Å². The first kappa shape index (κ1) is 9.62. The van der Waals surface area contributed by atoms with E-state index in [0.29, 0.717) is 0 Å². The molecule has 0 heterocycles. The molecule has 0 amide bonds. The molecule has 0 radical (unpaired) electrons. The van der Waals surface area contributed by atoms with Crippen LogP contribution in [0.1, 0.15) is 0 Å². The van der Waals surface area contributed by atoms with Gasteiger partial charge in [-0.15, -0.1) is 0 Å². The van der Waals surface area contributed by atoms with E-state index in [1.807, 2.05) is 0 Å². The third-order valence-corrected chi connectivity index (χ3v) is 3.01. The van der Waals surface area contributed by atoms with E-state index in [1.54, 1.807) is 0 Å². The molecule has 0 aliphatic heterocycles. The molecule has 1 aromatic rings. The highest BCUT2D eigenvalue weighted by molar-refractivity contribution is 14.2. The SMILES string of the molecule is O=I(=O)c1cccc(B(O)O)c1. The van der Waals surface area contributed by atoms with Gasteiger partial charge in [0.25, 0.3) is 0 Å². The quantitative estimate of drug-likeness (QED) is 0.578. The lowest BCUT2D eigenvalue weighted by Gasteiger charge is -1.97. The first-order valence-electron chi connectivity index (χ1n) is 3.12. The van der Waals surface area contributed by atoms with Crippen molar-refractivity contribution in [2.45, 2.75) is 0 Å². The third-order valence-electron chi connectivity index (χ3n) is 1.32. The van der Waals surface area contributed by atoms with Gasteiger partial charge in [0.15, 0.2) is 0 Å². The molecule has 0 saturated carbocycles. The minimum atomic E-state index is -3.48. The summed E-state index contributed by atoms with van der Waals surface area (Å²) in [5.41, 5.74) is 0.196. The number of benzene rings is 1. The average Bonchev–Trinajstić information content (AvgIpc) is 2.04. The summed E-state index contributed by atoms with van der Waals surface area (Å²) in [6.45, 7) is 0. The Labute approximate surface area is 76.5 Å². The lowest BCUT2D eigenvalue weighted by atomic mass is 9.81. The molecular formula is C6H6BIO4. The molecule has 0 atom stereocenters. The second-order valence-electron chi connectivity index (χ2n) is 2.15. The maximum absolute atomic E-state index is 10.5. The maximum Gasteiger partial charge on any atom is 0.488 e. The summed E-state index contributed by atoms with van der Waals surface area (Å²) in [6.07, 6.45) is 0. The molecule has 0 fully saturated rings. The second-order valence-corrected chi connectivity index (χ2v) is 4.63. The van der Waals surface area contributed by atoms with E-state index in [2.05, 4.69) is 0 Å². The smallest absolute Gasteiger partial charge is 0.423 e. The largest absolute Gasteiger partial charge is 0.488 e. The fourth-order valence-electron chi connectivity index (χ4n) is 0.763. The fourth-order valence-corrected chi connectivity index (χ4v) is 1.88. The predicted molar refractivity (Wildman–Crippen MR) is 50.4 cm³/mol. The predicted octanol–water partition coefficient (Wildman–Crippen LogP) is -0.267. The van der Waals surface area contributed by atoms with Crippen LogP contribution in [0, 0.1) is 3.57 Å². The van der Waals surface area contributed by atoms with Crippen LogP contribution >= 0.6 is 19.8 Å². The molecule has 6 heteroatoms. The monoisotopic (exact) mass is 280 g/mol. The van der Waals surface area contributed by atoms with E-state index in [1.165, 1.54) is 24.3 Å². The molecular weight excluding hydrogens is 274 g/mol. The summed E-state index contributed by atoms with van der Waals surface area (Å²) < 4.78 is 21.3.